The molecule has 35 heavy (non-hydrogen) atoms. The smallest absolute Gasteiger partial charge is 0.270 e. The predicted octanol–water partition coefficient (Wildman–Crippen LogP) is 4.35. The maximum Gasteiger partial charge on any atom is 0.270 e. The third-order valence-electron chi connectivity index (χ3n) is 7.04. The molecule has 1 fully saturated rings. The molecule has 0 spiro atoms. The van der Waals surface area contributed by atoms with Gasteiger partial charge >= 0.3 is 0 Å². The molecule has 0 radical (unpaired) electrons. The summed E-state index contributed by atoms with van der Waals surface area (Å²) in [4.78, 5) is 40.7. The van der Waals surface area contributed by atoms with E-state index in [2.05, 4.69) is 5.32 Å². The molecule has 3 aliphatic rings. The average molecular weight is 474 g/mol. The van der Waals surface area contributed by atoms with Crippen molar-refractivity contribution in [3.05, 3.63) is 91.9 Å². The number of fused-ring (bicyclic) bond motifs is 2. The second-order valence-corrected chi connectivity index (χ2v) is 10.3. The number of allylic oxidation sites excluding steroid dienone is 3. The Morgan fingerprint density at radius 2 is 1.89 bits per heavy atom. The molecule has 2 heterocycles. The summed E-state index contributed by atoms with van der Waals surface area (Å²) >= 11 is 0. The maximum absolute atomic E-state index is 14.0. The Balaban J connectivity index is 1.79. The van der Waals surface area contributed by atoms with Gasteiger partial charge < -0.3 is 15.3 Å². The largest absolute Gasteiger partial charge is 0.508 e. The number of aryl methyl sites for hydroxylation is 1. The molecular formula is C27H27N3O5. The van der Waals surface area contributed by atoms with Crippen molar-refractivity contribution in [2.24, 2.45) is 5.41 Å². The van der Waals surface area contributed by atoms with Crippen LogP contribution in [-0.2, 0) is 4.79 Å². The lowest BCUT2D eigenvalue weighted by atomic mass is 9.67. The number of nitro groups is 1. The van der Waals surface area contributed by atoms with E-state index in [1.807, 2.05) is 37.8 Å². The number of nitrogens with one attached hydrogen (secondary N) is 1. The number of ketones is 2. The molecule has 5 rings (SSSR count). The van der Waals surface area contributed by atoms with Gasteiger partial charge in [-0.25, -0.2) is 0 Å². The molecule has 180 valence electrons. The summed E-state index contributed by atoms with van der Waals surface area (Å²) < 4.78 is 0. The fourth-order valence-electron chi connectivity index (χ4n) is 5.45. The first-order valence-electron chi connectivity index (χ1n) is 11.7. The minimum absolute atomic E-state index is 0.104. The van der Waals surface area contributed by atoms with Crippen LogP contribution in [0.3, 0.4) is 0 Å². The lowest BCUT2D eigenvalue weighted by Gasteiger charge is -2.43. The summed E-state index contributed by atoms with van der Waals surface area (Å²) in [6.45, 7) is 7.21. The van der Waals surface area contributed by atoms with Crippen LogP contribution in [0.25, 0.3) is 0 Å². The van der Waals surface area contributed by atoms with Crippen molar-refractivity contribution in [1.29, 1.82) is 0 Å². The molecule has 0 saturated carbocycles. The number of phenols is 1. The monoisotopic (exact) mass is 473 g/mol. The van der Waals surface area contributed by atoms with E-state index in [0.717, 1.165) is 11.3 Å². The Kier molecular flexibility index (Phi) is 5.27. The summed E-state index contributed by atoms with van der Waals surface area (Å²) in [7, 11) is 0. The standard InChI is InChI=1S/C27H27N3O5/c1-15-4-6-16(7-5-15)25(33)24-22(18-12-17(30(34)35)8-9-20(18)31)23-19(29-11-10-28-26(24)29)13-27(2,3)14-21(23)32/h4-9,12,22,28,31H,10-11,13-14H2,1-3H3. The number of carbonyl (C=O) groups is 2. The number of Topliss-reactive ketones (excluding diaryl/α,β-unsaturated/α-hetero) is 2. The highest BCUT2D eigenvalue weighted by Gasteiger charge is 2.48. The van der Waals surface area contributed by atoms with Crippen molar-refractivity contribution >= 4 is 17.3 Å². The molecule has 0 bridgehead atoms. The predicted molar refractivity (Wildman–Crippen MR) is 130 cm³/mol. The molecular weight excluding hydrogens is 446 g/mol. The number of hydrogen-bond acceptors (Lipinski definition) is 7. The minimum Gasteiger partial charge on any atom is -0.508 e. The van der Waals surface area contributed by atoms with Crippen molar-refractivity contribution in [3.63, 3.8) is 0 Å². The second kappa shape index (κ2) is 8.08. The van der Waals surface area contributed by atoms with Crippen LogP contribution in [0.15, 0.2) is 65.1 Å². The Labute approximate surface area is 203 Å². The van der Waals surface area contributed by atoms with Gasteiger partial charge in [-0.15, -0.1) is 0 Å². The van der Waals surface area contributed by atoms with Crippen LogP contribution in [0.1, 0.15) is 54.1 Å². The van der Waals surface area contributed by atoms with E-state index in [9.17, 15) is 24.8 Å². The van der Waals surface area contributed by atoms with E-state index in [1.54, 1.807) is 12.1 Å². The van der Waals surface area contributed by atoms with Gasteiger partial charge in [0.05, 0.1) is 16.4 Å². The molecule has 8 heteroatoms. The van der Waals surface area contributed by atoms with Gasteiger partial charge in [0.25, 0.3) is 5.69 Å². The van der Waals surface area contributed by atoms with E-state index in [1.165, 1.54) is 18.2 Å². The van der Waals surface area contributed by atoms with Gasteiger partial charge in [-0.05, 0) is 24.8 Å². The minimum atomic E-state index is -0.917. The van der Waals surface area contributed by atoms with E-state index in [0.29, 0.717) is 48.5 Å². The fourth-order valence-corrected chi connectivity index (χ4v) is 5.45. The summed E-state index contributed by atoms with van der Waals surface area (Å²) in [6, 6.07) is 10.9. The summed E-state index contributed by atoms with van der Waals surface area (Å²) in [5.74, 6) is -0.881. The van der Waals surface area contributed by atoms with Crippen LogP contribution in [0.2, 0.25) is 0 Å². The van der Waals surface area contributed by atoms with Crippen molar-refractivity contribution in [1.82, 2.24) is 10.2 Å². The zero-order chi connectivity index (χ0) is 25.1. The normalized spacial score (nSPS) is 20.9. The molecule has 2 aromatic carbocycles. The first-order valence-corrected chi connectivity index (χ1v) is 11.7. The number of phenolic OH excluding ortho intramolecular Hbond substituents is 1. The van der Waals surface area contributed by atoms with Crippen LogP contribution >= 0.6 is 0 Å². The Hall–Kier alpha value is -3.94. The number of rotatable bonds is 4. The Morgan fingerprint density at radius 3 is 2.57 bits per heavy atom. The molecule has 2 aliphatic heterocycles. The van der Waals surface area contributed by atoms with Crippen molar-refractivity contribution in [3.8, 4) is 5.75 Å². The molecule has 8 nitrogen and oxygen atoms in total. The van der Waals surface area contributed by atoms with Gasteiger partial charge in [-0.2, -0.15) is 0 Å². The molecule has 1 atom stereocenters. The Bertz CT molecular complexity index is 1340. The van der Waals surface area contributed by atoms with E-state index in [4.69, 9.17) is 0 Å². The van der Waals surface area contributed by atoms with Crippen molar-refractivity contribution in [2.45, 2.75) is 39.5 Å². The van der Waals surface area contributed by atoms with Crippen LogP contribution in [0.4, 0.5) is 5.69 Å². The highest BCUT2D eigenvalue weighted by Crippen LogP contribution is 2.52. The number of non-ortho nitro benzene ring substituents is 1. The quantitative estimate of drug-likeness (QED) is 0.386. The zero-order valence-corrected chi connectivity index (χ0v) is 19.9. The van der Waals surface area contributed by atoms with Gasteiger partial charge in [0.1, 0.15) is 11.6 Å². The number of nitro benzene ring substituents is 1. The molecule has 0 amide bonds. The SMILES string of the molecule is Cc1ccc(C(=O)C2=C3NCCN3C3=C(C(=O)CC(C)(C)C3)C2c2cc([N+](=O)[O-])ccc2O)cc1. The van der Waals surface area contributed by atoms with Crippen LogP contribution in [0, 0.1) is 22.5 Å². The molecule has 2 aromatic rings. The molecule has 1 saturated heterocycles. The number of hydrogen-bond donors (Lipinski definition) is 2. The van der Waals surface area contributed by atoms with E-state index < -0.39 is 10.8 Å². The average Bonchev–Trinajstić information content (AvgIpc) is 3.28. The Morgan fingerprint density at radius 1 is 1.17 bits per heavy atom. The van der Waals surface area contributed by atoms with Gasteiger partial charge in [-0.1, -0.05) is 43.7 Å². The number of carbonyl (C=O) groups excluding carboxylic acids is 2. The van der Waals surface area contributed by atoms with Gasteiger partial charge in [0, 0.05) is 54.0 Å². The van der Waals surface area contributed by atoms with Crippen molar-refractivity contribution < 1.29 is 19.6 Å². The fraction of sp³-hybridized carbons (Fsp3) is 0.333. The first-order chi connectivity index (χ1) is 16.6. The van der Waals surface area contributed by atoms with Gasteiger partial charge in [-0.3, -0.25) is 19.7 Å². The summed E-state index contributed by atoms with van der Waals surface area (Å²) in [6.07, 6.45) is 0.915. The zero-order valence-electron chi connectivity index (χ0n) is 19.9. The molecule has 0 aromatic heterocycles. The lowest BCUT2D eigenvalue weighted by molar-refractivity contribution is -0.384. The first kappa shape index (κ1) is 22.8. The van der Waals surface area contributed by atoms with Crippen LogP contribution in [-0.4, -0.2) is 39.6 Å². The highest BCUT2D eigenvalue weighted by molar-refractivity contribution is 6.13. The van der Waals surface area contributed by atoms with E-state index in [-0.39, 0.29) is 34.0 Å². The molecule has 1 aliphatic carbocycles. The third kappa shape index (κ3) is 3.79. The third-order valence-corrected chi connectivity index (χ3v) is 7.04. The maximum atomic E-state index is 14.0. The van der Waals surface area contributed by atoms with Gasteiger partial charge in [0.2, 0.25) is 0 Å². The molecule has 1 unspecified atom stereocenters. The number of aromatic hydroxyl groups is 1. The van der Waals surface area contributed by atoms with Crippen molar-refractivity contribution in [2.75, 3.05) is 13.1 Å². The molecule has 2 N–H and O–H groups in total. The highest BCUT2D eigenvalue weighted by atomic mass is 16.6. The van der Waals surface area contributed by atoms with Crippen LogP contribution < -0.4 is 5.32 Å². The number of nitrogens with zero attached hydrogens (tertiary/aromatic N) is 2. The van der Waals surface area contributed by atoms with Gasteiger partial charge in [0.15, 0.2) is 11.6 Å². The summed E-state index contributed by atoms with van der Waals surface area (Å²) in [5, 5.41) is 25.8. The van der Waals surface area contributed by atoms with Crippen LogP contribution in [0.5, 0.6) is 5.75 Å². The summed E-state index contributed by atoms with van der Waals surface area (Å²) in [5.41, 5.74) is 2.77. The topological polar surface area (TPSA) is 113 Å². The van der Waals surface area contributed by atoms with E-state index >= 15 is 0 Å². The lowest BCUT2D eigenvalue weighted by Crippen LogP contribution is -2.40. The second-order valence-electron chi connectivity index (χ2n) is 10.3. The number of benzene rings is 2.